The van der Waals surface area contributed by atoms with Crippen molar-refractivity contribution < 1.29 is 18.3 Å². The number of carbonyl (C=O) groups is 1. The first-order valence-corrected chi connectivity index (χ1v) is 8.70. The molecule has 8 nitrogen and oxygen atoms in total. The van der Waals surface area contributed by atoms with E-state index in [1.54, 1.807) is 25.1 Å². The van der Waals surface area contributed by atoms with Crippen LogP contribution in [0.5, 0.6) is 0 Å². The average Bonchev–Trinajstić information content (AvgIpc) is 2.54. The number of aryl methyl sites for hydroxylation is 1. The Labute approximate surface area is 143 Å². The molecule has 1 aromatic heterocycles. The van der Waals surface area contributed by atoms with E-state index >= 15 is 0 Å². The molecule has 0 amide bonds. The summed E-state index contributed by atoms with van der Waals surface area (Å²) in [5.41, 5.74) is 1.98. The number of nitrogens with one attached hydrogen (secondary N) is 1. The van der Waals surface area contributed by atoms with Crippen LogP contribution in [0.15, 0.2) is 47.4 Å². The van der Waals surface area contributed by atoms with Crippen molar-refractivity contribution in [1.29, 1.82) is 0 Å². The van der Waals surface area contributed by atoms with Gasteiger partial charge in [0.05, 0.1) is 21.7 Å². The van der Waals surface area contributed by atoms with E-state index in [-0.39, 0.29) is 10.5 Å². The van der Waals surface area contributed by atoms with E-state index < -0.39 is 16.0 Å². The van der Waals surface area contributed by atoms with Gasteiger partial charge in [-0.3, -0.25) is 0 Å². The van der Waals surface area contributed by atoms with Gasteiger partial charge in [0.1, 0.15) is 0 Å². The molecule has 0 unspecified atom stereocenters. The van der Waals surface area contributed by atoms with Crippen molar-refractivity contribution in [3.8, 4) is 0 Å². The van der Waals surface area contributed by atoms with E-state index in [2.05, 4.69) is 15.3 Å². The molecule has 1 heterocycles. The van der Waals surface area contributed by atoms with Gasteiger partial charge < -0.3 is 10.4 Å². The molecule has 0 bridgehead atoms. The lowest BCUT2D eigenvalue weighted by atomic mass is 10.1. The summed E-state index contributed by atoms with van der Waals surface area (Å²) < 4.78 is 22.5. The molecule has 3 rings (SSSR count). The third kappa shape index (κ3) is 3.57. The van der Waals surface area contributed by atoms with E-state index in [1.807, 2.05) is 0 Å². The highest BCUT2D eigenvalue weighted by molar-refractivity contribution is 7.89. The van der Waals surface area contributed by atoms with Crippen molar-refractivity contribution >= 4 is 38.5 Å². The van der Waals surface area contributed by atoms with Gasteiger partial charge in [0.15, 0.2) is 0 Å². The topological polar surface area (TPSA) is 135 Å². The van der Waals surface area contributed by atoms with E-state index in [9.17, 15) is 13.2 Å². The lowest BCUT2D eigenvalue weighted by Gasteiger charge is -2.09. The number of primary sulfonamides is 1. The quantitative estimate of drug-likeness (QED) is 0.649. The van der Waals surface area contributed by atoms with Crippen molar-refractivity contribution in [2.45, 2.75) is 11.8 Å². The van der Waals surface area contributed by atoms with Crippen LogP contribution in [-0.4, -0.2) is 29.5 Å². The van der Waals surface area contributed by atoms with Crippen LogP contribution in [0.1, 0.15) is 16.1 Å². The summed E-state index contributed by atoms with van der Waals surface area (Å²) in [4.78, 5) is 19.7. The summed E-state index contributed by atoms with van der Waals surface area (Å²) in [6.45, 7) is 1.75. The maximum atomic E-state index is 11.3. The number of hydrogen-bond donors (Lipinski definition) is 3. The van der Waals surface area contributed by atoms with Crippen LogP contribution in [0.3, 0.4) is 0 Å². The number of carboxylic acid groups (broad SMARTS) is 1. The fourth-order valence-electron chi connectivity index (χ4n) is 2.33. The number of sulfonamides is 1. The zero-order chi connectivity index (χ0) is 18.2. The van der Waals surface area contributed by atoms with Crippen LogP contribution in [0.2, 0.25) is 0 Å². The van der Waals surface area contributed by atoms with Crippen molar-refractivity contribution in [2.75, 3.05) is 5.32 Å². The summed E-state index contributed by atoms with van der Waals surface area (Å²) in [7, 11) is -3.75. The zero-order valence-corrected chi connectivity index (χ0v) is 13.9. The van der Waals surface area contributed by atoms with Gasteiger partial charge in [0.25, 0.3) is 0 Å². The van der Waals surface area contributed by atoms with Gasteiger partial charge >= 0.3 is 5.97 Å². The Morgan fingerprint density at radius 3 is 2.40 bits per heavy atom. The van der Waals surface area contributed by atoms with Crippen LogP contribution in [-0.2, 0) is 10.0 Å². The highest BCUT2D eigenvalue weighted by atomic mass is 32.2. The second kappa shape index (κ2) is 6.11. The molecule has 2 aromatic carbocycles. The molecule has 0 aliphatic heterocycles. The zero-order valence-electron chi connectivity index (χ0n) is 13.1. The molecule has 0 aliphatic rings. The SMILES string of the molecule is Cc1nc(Nc2ccc(S(N)(=O)=O)cc2)nc2ccc(C(=O)O)cc12. The summed E-state index contributed by atoms with van der Waals surface area (Å²) in [6, 6.07) is 10.5. The molecule has 4 N–H and O–H groups in total. The summed E-state index contributed by atoms with van der Waals surface area (Å²) in [5, 5.41) is 17.7. The Bertz CT molecular complexity index is 1080. The van der Waals surface area contributed by atoms with Crippen molar-refractivity contribution in [2.24, 2.45) is 5.14 Å². The maximum Gasteiger partial charge on any atom is 0.335 e. The Morgan fingerprint density at radius 2 is 1.80 bits per heavy atom. The van der Waals surface area contributed by atoms with Crippen molar-refractivity contribution in [1.82, 2.24) is 9.97 Å². The van der Waals surface area contributed by atoms with Crippen LogP contribution >= 0.6 is 0 Å². The summed E-state index contributed by atoms with van der Waals surface area (Å²) in [6.07, 6.45) is 0. The number of carboxylic acids is 1. The average molecular weight is 358 g/mol. The first-order chi connectivity index (χ1) is 11.7. The smallest absolute Gasteiger partial charge is 0.335 e. The number of aromatic carboxylic acids is 1. The van der Waals surface area contributed by atoms with Gasteiger partial charge in [-0.05, 0) is 49.4 Å². The second-order valence-electron chi connectivity index (χ2n) is 5.36. The number of fused-ring (bicyclic) bond motifs is 1. The predicted molar refractivity (Wildman–Crippen MR) is 92.3 cm³/mol. The van der Waals surface area contributed by atoms with E-state index in [0.29, 0.717) is 28.2 Å². The molecular formula is C16H14N4O4S. The molecular weight excluding hydrogens is 344 g/mol. The van der Waals surface area contributed by atoms with Gasteiger partial charge in [-0.1, -0.05) is 0 Å². The summed E-state index contributed by atoms with van der Waals surface area (Å²) >= 11 is 0. The third-order valence-electron chi connectivity index (χ3n) is 3.57. The molecule has 25 heavy (non-hydrogen) atoms. The Morgan fingerprint density at radius 1 is 1.12 bits per heavy atom. The van der Waals surface area contributed by atoms with E-state index in [4.69, 9.17) is 10.2 Å². The number of anilines is 2. The number of hydrogen-bond acceptors (Lipinski definition) is 6. The van der Waals surface area contributed by atoms with Gasteiger partial charge in [0, 0.05) is 11.1 Å². The minimum Gasteiger partial charge on any atom is -0.478 e. The molecule has 0 spiro atoms. The molecule has 3 aromatic rings. The molecule has 0 atom stereocenters. The first kappa shape index (κ1) is 16.8. The Hall–Kier alpha value is -3.04. The van der Waals surface area contributed by atoms with Gasteiger partial charge in [-0.2, -0.15) is 0 Å². The Kier molecular flexibility index (Phi) is 4.11. The van der Waals surface area contributed by atoms with Gasteiger partial charge in [-0.25, -0.2) is 28.3 Å². The first-order valence-electron chi connectivity index (χ1n) is 7.15. The summed E-state index contributed by atoms with van der Waals surface area (Å²) in [5.74, 6) is -0.699. The van der Waals surface area contributed by atoms with Gasteiger partial charge in [-0.15, -0.1) is 0 Å². The van der Waals surface area contributed by atoms with Crippen LogP contribution in [0.25, 0.3) is 10.9 Å². The molecule has 0 saturated heterocycles. The minimum absolute atomic E-state index is 0.00913. The normalized spacial score (nSPS) is 11.4. The lowest BCUT2D eigenvalue weighted by molar-refractivity contribution is 0.0697. The minimum atomic E-state index is -3.75. The molecule has 128 valence electrons. The maximum absolute atomic E-state index is 11.3. The lowest BCUT2D eigenvalue weighted by Crippen LogP contribution is -2.11. The number of rotatable bonds is 4. The fraction of sp³-hybridized carbons (Fsp3) is 0.0625. The van der Waals surface area contributed by atoms with Crippen LogP contribution < -0.4 is 10.5 Å². The fourth-order valence-corrected chi connectivity index (χ4v) is 2.84. The molecule has 0 aliphatic carbocycles. The van der Waals surface area contributed by atoms with E-state index in [1.165, 1.54) is 24.3 Å². The molecule has 9 heteroatoms. The van der Waals surface area contributed by atoms with E-state index in [0.717, 1.165) is 0 Å². The van der Waals surface area contributed by atoms with Crippen molar-refractivity contribution in [3.63, 3.8) is 0 Å². The van der Waals surface area contributed by atoms with Crippen LogP contribution in [0, 0.1) is 6.92 Å². The standard InChI is InChI=1S/C16H14N4O4S/c1-9-13-8-10(15(21)22)2-7-14(13)20-16(18-9)19-11-3-5-12(6-4-11)25(17,23)24/h2-8H,1H3,(H,21,22)(H2,17,23,24)(H,18,19,20). The largest absolute Gasteiger partial charge is 0.478 e. The molecule has 0 saturated carbocycles. The highest BCUT2D eigenvalue weighted by Crippen LogP contribution is 2.21. The number of nitrogens with zero attached hydrogens (tertiary/aromatic N) is 2. The van der Waals surface area contributed by atoms with Crippen LogP contribution in [0.4, 0.5) is 11.6 Å². The highest BCUT2D eigenvalue weighted by Gasteiger charge is 2.10. The number of aromatic nitrogens is 2. The number of benzene rings is 2. The number of nitrogens with two attached hydrogens (primary N) is 1. The Balaban J connectivity index is 1.94. The predicted octanol–water partition coefficient (Wildman–Crippen LogP) is 2.03. The third-order valence-corrected chi connectivity index (χ3v) is 4.50. The van der Waals surface area contributed by atoms with Gasteiger partial charge in [0.2, 0.25) is 16.0 Å². The van der Waals surface area contributed by atoms with Crippen molar-refractivity contribution in [3.05, 3.63) is 53.7 Å². The second-order valence-corrected chi connectivity index (χ2v) is 6.93. The molecule has 0 fully saturated rings. The monoisotopic (exact) mass is 358 g/mol. The molecule has 0 radical (unpaired) electrons.